The number of nitrogens with one attached hydrogen (secondary N) is 1. The number of non-ortho nitro benzene ring substituents is 1. The number of hydrogen-bond donors (Lipinski definition) is 1. The van der Waals surface area contributed by atoms with Gasteiger partial charge in [0.25, 0.3) is 5.69 Å². The predicted molar refractivity (Wildman–Crippen MR) is 79.7 cm³/mol. The molecule has 0 unspecified atom stereocenters. The van der Waals surface area contributed by atoms with E-state index in [-0.39, 0.29) is 16.7 Å². The maximum absolute atomic E-state index is 10.7. The van der Waals surface area contributed by atoms with Crippen molar-refractivity contribution in [2.45, 2.75) is 19.4 Å². The highest BCUT2D eigenvalue weighted by Crippen LogP contribution is 2.28. The van der Waals surface area contributed by atoms with Crippen LogP contribution in [0.1, 0.15) is 24.9 Å². The van der Waals surface area contributed by atoms with E-state index >= 15 is 0 Å². The second-order valence-corrected chi connectivity index (χ2v) is 5.31. The molecule has 1 heterocycles. The van der Waals surface area contributed by atoms with Crippen molar-refractivity contribution in [3.63, 3.8) is 0 Å². The standard InChI is InChI=1S/C15H21N3O2/c1-12(2)11-15(17-9-7-16-8-10-17)13-3-5-14(6-4-13)18(19)20/h3-6,15-16H,1,7-11H2,2H3/t15-/m1/s1. The van der Waals surface area contributed by atoms with E-state index in [4.69, 9.17) is 0 Å². The van der Waals surface area contributed by atoms with Gasteiger partial charge in [-0.15, -0.1) is 6.58 Å². The molecule has 20 heavy (non-hydrogen) atoms. The van der Waals surface area contributed by atoms with Gasteiger partial charge in [-0.3, -0.25) is 15.0 Å². The molecular weight excluding hydrogens is 254 g/mol. The number of nitrogens with zero attached hydrogens (tertiary/aromatic N) is 2. The minimum Gasteiger partial charge on any atom is -0.314 e. The van der Waals surface area contributed by atoms with Gasteiger partial charge in [0.15, 0.2) is 0 Å². The number of rotatable bonds is 5. The molecule has 108 valence electrons. The van der Waals surface area contributed by atoms with Crippen LogP contribution in [0.4, 0.5) is 5.69 Å². The first-order chi connectivity index (χ1) is 9.58. The molecule has 0 aromatic heterocycles. The third-order valence-electron chi connectivity index (χ3n) is 3.62. The Bertz CT molecular complexity index is 478. The van der Waals surface area contributed by atoms with Gasteiger partial charge in [-0.25, -0.2) is 0 Å². The van der Waals surface area contributed by atoms with E-state index in [0.717, 1.165) is 43.7 Å². The van der Waals surface area contributed by atoms with Crippen LogP contribution in [0.3, 0.4) is 0 Å². The summed E-state index contributed by atoms with van der Waals surface area (Å²) in [5, 5.41) is 14.1. The molecule has 0 spiro atoms. The molecule has 0 saturated carbocycles. The molecule has 1 saturated heterocycles. The molecule has 1 N–H and O–H groups in total. The molecule has 1 fully saturated rings. The summed E-state index contributed by atoms with van der Waals surface area (Å²) in [6.07, 6.45) is 0.887. The molecule has 0 bridgehead atoms. The van der Waals surface area contributed by atoms with E-state index in [9.17, 15) is 10.1 Å². The molecule has 1 atom stereocenters. The molecule has 0 amide bonds. The average Bonchev–Trinajstić information content (AvgIpc) is 2.45. The van der Waals surface area contributed by atoms with Gasteiger partial charge in [-0.2, -0.15) is 0 Å². The fraction of sp³-hybridized carbons (Fsp3) is 0.467. The lowest BCUT2D eigenvalue weighted by Gasteiger charge is -2.35. The van der Waals surface area contributed by atoms with Gasteiger partial charge in [0.05, 0.1) is 4.92 Å². The SMILES string of the molecule is C=C(C)C[C@H](c1ccc([N+](=O)[O-])cc1)N1CCNCC1. The molecule has 5 nitrogen and oxygen atoms in total. The molecule has 1 aromatic carbocycles. The molecule has 0 radical (unpaired) electrons. The Morgan fingerprint density at radius 1 is 1.40 bits per heavy atom. The van der Waals surface area contributed by atoms with E-state index in [1.807, 2.05) is 19.1 Å². The zero-order valence-electron chi connectivity index (χ0n) is 11.8. The van der Waals surface area contributed by atoms with Crippen LogP contribution in [0, 0.1) is 10.1 Å². The molecule has 5 heteroatoms. The number of nitro groups is 1. The van der Waals surface area contributed by atoms with Crippen molar-refractivity contribution in [1.29, 1.82) is 0 Å². The number of benzene rings is 1. The summed E-state index contributed by atoms with van der Waals surface area (Å²) >= 11 is 0. The van der Waals surface area contributed by atoms with Crippen LogP contribution < -0.4 is 5.32 Å². The normalized spacial score (nSPS) is 17.6. The van der Waals surface area contributed by atoms with Crippen molar-refractivity contribution in [2.24, 2.45) is 0 Å². The Labute approximate surface area is 119 Å². The minimum absolute atomic E-state index is 0.142. The largest absolute Gasteiger partial charge is 0.314 e. The monoisotopic (exact) mass is 275 g/mol. The summed E-state index contributed by atoms with van der Waals surface area (Å²) in [5.41, 5.74) is 2.40. The van der Waals surface area contributed by atoms with Gasteiger partial charge in [-0.05, 0) is 18.9 Å². The van der Waals surface area contributed by atoms with Crippen molar-refractivity contribution < 1.29 is 4.92 Å². The fourth-order valence-electron chi connectivity index (χ4n) is 2.60. The zero-order valence-corrected chi connectivity index (χ0v) is 11.8. The van der Waals surface area contributed by atoms with E-state index in [2.05, 4.69) is 16.8 Å². The van der Waals surface area contributed by atoms with Crippen molar-refractivity contribution in [3.8, 4) is 0 Å². The Kier molecular flexibility index (Phi) is 4.87. The van der Waals surface area contributed by atoms with Crippen LogP contribution in [0.5, 0.6) is 0 Å². The van der Waals surface area contributed by atoms with Crippen LogP contribution in [0.15, 0.2) is 36.4 Å². The lowest BCUT2D eigenvalue weighted by molar-refractivity contribution is -0.384. The van der Waals surface area contributed by atoms with E-state index in [1.165, 1.54) is 0 Å². The van der Waals surface area contributed by atoms with E-state index < -0.39 is 0 Å². The van der Waals surface area contributed by atoms with Gasteiger partial charge < -0.3 is 5.32 Å². The van der Waals surface area contributed by atoms with Crippen molar-refractivity contribution >= 4 is 5.69 Å². The highest BCUT2D eigenvalue weighted by atomic mass is 16.6. The predicted octanol–water partition coefficient (Wildman–Crippen LogP) is 2.51. The second kappa shape index (κ2) is 6.63. The van der Waals surface area contributed by atoms with E-state index in [0.29, 0.717) is 0 Å². The topological polar surface area (TPSA) is 58.4 Å². The van der Waals surface area contributed by atoms with E-state index in [1.54, 1.807) is 12.1 Å². The van der Waals surface area contributed by atoms with Gasteiger partial charge >= 0.3 is 0 Å². The summed E-state index contributed by atoms with van der Waals surface area (Å²) < 4.78 is 0. The molecule has 1 aromatic rings. The van der Waals surface area contributed by atoms with Crippen LogP contribution in [-0.4, -0.2) is 36.0 Å². The van der Waals surface area contributed by atoms with Crippen LogP contribution in [0.2, 0.25) is 0 Å². The fourth-order valence-corrected chi connectivity index (χ4v) is 2.60. The molecule has 1 aliphatic heterocycles. The Morgan fingerprint density at radius 2 is 2.00 bits per heavy atom. The summed E-state index contributed by atoms with van der Waals surface area (Å²) in [6.45, 7) is 10.0. The zero-order chi connectivity index (χ0) is 14.5. The molecule has 0 aliphatic carbocycles. The number of nitro benzene ring substituents is 1. The first-order valence-corrected chi connectivity index (χ1v) is 6.91. The Morgan fingerprint density at radius 3 is 2.50 bits per heavy atom. The maximum atomic E-state index is 10.7. The Balaban J connectivity index is 2.20. The lowest BCUT2D eigenvalue weighted by Crippen LogP contribution is -2.45. The number of piperazine rings is 1. The van der Waals surface area contributed by atoms with Crippen LogP contribution in [-0.2, 0) is 0 Å². The summed E-state index contributed by atoms with van der Waals surface area (Å²) in [5.74, 6) is 0. The van der Waals surface area contributed by atoms with Gasteiger partial charge in [-0.1, -0.05) is 17.7 Å². The number of hydrogen-bond acceptors (Lipinski definition) is 4. The van der Waals surface area contributed by atoms with Gasteiger partial charge in [0.2, 0.25) is 0 Å². The average molecular weight is 275 g/mol. The summed E-state index contributed by atoms with van der Waals surface area (Å²) in [6, 6.07) is 7.17. The highest BCUT2D eigenvalue weighted by Gasteiger charge is 2.22. The molecular formula is C15H21N3O2. The smallest absolute Gasteiger partial charge is 0.269 e. The van der Waals surface area contributed by atoms with Crippen molar-refractivity contribution in [1.82, 2.24) is 10.2 Å². The lowest BCUT2D eigenvalue weighted by atomic mass is 9.98. The molecule has 1 aliphatic rings. The van der Waals surface area contributed by atoms with Crippen LogP contribution in [0.25, 0.3) is 0 Å². The van der Waals surface area contributed by atoms with Gasteiger partial charge in [0, 0.05) is 44.4 Å². The summed E-state index contributed by atoms with van der Waals surface area (Å²) in [4.78, 5) is 12.8. The van der Waals surface area contributed by atoms with Crippen LogP contribution >= 0.6 is 0 Å². The second-order valence-electron chi connectivity index (χ2n) is 5.31. The van der Waals surface area contributed by atoms with Crippen molar-refractivity contribution in [2.75, 3.05) is 26.2 Å². The molecule has 2 rings (SSSR count). The maximum Gasteiger partial charge on any atom is 0.269 e. The quantitative estimate of drug-likeness (QED) is 0.509. The Hall–Kier alpha value is -1.72. The summed E-state index contributed by atoms with van der Waals surface area (Å²) in [7, 11) is 0. The highest BCUT2D eigenvalue weighted by molar-refractivity contribution is 5.34. The third-order valence-corrected chi connectivity index (χ3v) is 3.62. The van der Waals surface area contributed by atoms with Gasteiger partial charge in [0.1, 0.15) is 0 Å². The van der Waals surface area contributed by atoms with Crippen molar-refractivity contribution in [3.05, 3.63) is 52.1 Å². The minimum atomic E-state index is -0.359. The first-order valence-electron chi connectivity index (χ1n) is 6.91. The first kappa shape index (κ1) is 14.7. The third kappa shape index (κ3) is 3.65.